The first-order chi connectivity index (χ1) is 12.5. The molecule has 0 aliphatic rings. The minimum absolute atomic E-state index is 0.152. The molecule has 0 fully saturated rings. The van der Waals surface area contributed by atoms with E-state index >= 15 is 0 Å². The van der Waals surface area contributed by atoms with E-state index in [1.807, 2.05) is 42.5 Å². The van der Waals surface area contributed by atoms with E-state index in [2.05, 4.69) is 10.1 Å². The molecule has 26 heavy (non-hydrogen) atoms. The molecule has 0 unspecified atom stereocenters. The molecule has 0 N–H and O–H groups in total. The number of rotatable bonds is 6. The van der Waals surface area contributed by atoms with Crippen molar-refractivity contribution in [2.45, 2.75) is 6.92 Å². The molecule has 134 valence electrons. The van der Waals surface area contributed by atoms with Crippen LogP contribution >= 0.6 is 11.6 Å². The molecule has 0 saturated heterocycles. The van der Waals surface area contributed by atoms with Gasteiger partial charge in [0.15, 0.2) is 0 Å². The van der Waals surface area contributed by atoms with Crippen LogP contribution in [0, 0.1) is 6.92 Å². The monoisotopic (exact) mass is 370 g/mol. The number of aryl methyl sites for hydroxylation is 1. The van der Waals surface area contributed by atoms with Gasteiger partial charge >= 0.3 is 0 Å². The zero-order valence-corrected chi connectivity index (χ0v) is 15.3. The van der Waals surface area contributed by atoms with Crippen LogP contribution in [0.3, 0.4) is 0 Å². The van der Waals surface area contributed by atoms with Gasteiger partial charge < -0.3 is 9.64 Å². The van der Waals surface area contributed by atoms with Crippen molar-refractivity contribution in [1.82, 2.24) is 19.7 Å². The lowest BCUT2D eigenvalue weighted by Crippen LogP contribution is -2.31. The average Bonchev–Trinajstić information content (AvgIpc) is 3.04. The highest BCUT2D eigenvalue weighted by atomic mass is 35.5. The first-order valence-corrected chi connectivity index (χ1v) is 8.55. The second-order valence-electron chi connectivity index (χ2n) is 5.76. The van der Waals surface area contributed by atoms with Crippen LogP contribution in [0.15, 0.2) is 54.6 Å². The SMILES string of the molecule is Cc1nc(C(=O)N(C)CCOc2ccccc2)nn1-c1ccc(Cl)cc1. The van der Waals surface area contributed by atoms with Gasteiger partial charge in [-0.05, 0) is 43.3 Å². The Morgan fingerprint density at radius 2 is 1.85 bits per heavy atom. The van der Waals surface area contributed by atoms with E-state index < -0.39 is 0 Å². The zero-order valence-electron chi connectivity index (χ0n) is 14.6. The van der Waals surface area contributed by atoms with E-state index in [-0.39, 0.29) is 11.7 Å². The third-order valence-corrected chi connectivity index (χ3v) is 4.07. The van der Waals surface area contributed by atoms with Gasteiger partial charge in [0.2, 0.25) is 5.82 Å². The summed E-state index contributed by atoms with van der Waals surface area (Å²) < 4.78 is 7.24. The highest BCUT2D eigenvalue weighted by Gasteiger charge is 2.19. The summed E-state index contributed by atoms with van der Waals surface area (Å²) in [5.74, 6) is 1.30. The van der Waals surface area contributed by atoms with Gasteiger partial charge in [0, 0.05) is 12.1 Å². The Bertz CT molecular complexity index is 878. The highest BCUT2D eigenvalue weighted by molar-refractivity contribution is 6.30. The number of benzene rings is 2. The summed E-state index contributed by atoms with van der Waals surface area (Å²) in [6.07, 6.45) is 0. The Morgan fingerprint density at radius 3 is 2.54 bits per heavy atom. The van der Waals surface area contributed by atoms with Crippen molar-refractivity contribution in [3.63, 3.8) is 0 Å². The van der Waals surface area contributed by atoms with E-state index in [0.29, 0.717) is 24.0 Å². The molecule has 2 aromatic carbocycles. The number of ether oxygens (including phenoxy) is 1. The summed E-state index contributed by atoms with van der Waals surface area (Å²) in [6.45, 7) is 2.63. The quantitative estimate of drug-likeness (QED) is 0.667. The summed E-state index contributed by atoms with van der Waals surface area (Å²) in [5.41, 5.74) is 0.800. The van der Waals surface area contributed by atoms with Gasteiger partial charge in [-0.3, -0.25) is 4.79 Å². The molecule has 3 aromatic rings. The number of hydrogen-bond donors (Lipinski definition) is 0. The molecular weight excluding hydrogens is 352 g/mol. The van der Waals surface area contributed by atoms with Crippen molar-refractivity contribution in [1.29, 1.82) is 0 Å². The predicted molar refractivity (Wildman–Crippen MR) is 100 cm³/mol. The lowest BCUT2D eigenvalue weighted by atomic mass is 10.3. The van der Waals surface area contributed by atoms with E-state index in [1.54, 1.807) is 35.7 Å². The predicted octanol–water partition coefficient (Wildman–Crippen LogP) is 3.38. The first kappa shape index (κ1) is 17.9. The minimum atomic E-state index is -0.252. The van der Waals surface area contributed by atoms with Crippen LogP contribution in [0.4, 0.5) is 0 Å². The standard InChI is InChI=1S/C19H19ClN4O2/c1-14-21-18(22-24(14)16-10-8-15(20)9-11-16)19(25)23(2)12-13-26-17-6-4-3-5-7-17/h3-11H,12-13H2,1-2H3. The van der Waals surface area contributed by atoms with Gasteiger partial charge in [-0.1, -0.05) is 29.8 Å². The maximum atomic E-state index is 12.5. The topological polar surface area (TPSA) is 60.3 Å². The lowest BCUT2D eigenvalue weighted by molar-refractivity contribution is 0.0762. The van der Waals surface area contributed by atoms with Crippen LogP contribution in [0.25, 0.3) is 5.69 Å². The molecule has 1 aromatic heterocycles. The molecule has 0 bridgehead atoms. The van der Waals surface area contributed by atoms with Crippen LogP contribution in [-0.4, -0.2) is 45.8 Å². The summed E-state index contributed by atoms with van der Waals surface area (Å²) >= 11 is 5.91. The van der Waals surface area contributed by atoms with Crippen molar-refractivity contribution in [2.24, 2.45) is 0 Å². The molecule has 0 aliphatic carbocycles. The van der Waals surface area contributed by atoms with E-state index in [9.17, 15) is 4.79 Å². The molecule has 1 amide bonds. The fourth-order valence-electron chi connectivity index (χ4n) is 2.40. The smallest absolute Gasteiger partial charge is 0.293 e. The largest absolute Gasteiger partial charge is 0.492 e. The number of carbonyl (C=O) groups is 1. The number of likely N-dealkylation sites (N-methyl/N-ethyl adjacent to an activating group) is 1. The van der Waals surface area contributed by atoms with Crippen molar-refractivity contribution >= 4 is 17.5 Å². The van der Waals surface area contributed by atoms with Gasteiger partial charge in [-0.2, -0.15) is 0 Å². The van der Waals surface area contributed by atoms with Gasteiger partial charge in [-0.25, -0.2) is 9.67 Å². The third kappa shape index (κ3) is 4.21. The summed E-state index contributed by atoms with van der Waals surface area (Å²) in [6, 6.07) is 16.7. The Kier molecular flexibility index (Phi) is 5.53. The van der Waals surface area contributed by atoms with Crippen LogP contribution in [-0.2, 0) is 0 Å². The second kappa shape index (κ2) is 8.01. The van der Waals surface area contributed by atoms with Gasteiger partial charge in [0.1, 0.15) is 18.2 Å². The highest BCUT2D eigenvalue weighted by Crippen LogP contribution is 2.14. The number of para-hydroxylation sites is 1. The van der Waals surface area contributed by atoms with Crippen LogP contribution < -0.4 is 4.74 Å². The van der Waals surface area contributed by atoms with Crippen molar-refractivity contribution in [3.8, 4) is 11.4 Å². The molecule has 0 aliphatic heterocycles. The first-order valence-electron chi connectivity index (χ1n) is 8.17. The molecule has 0 saturated carbocycles. The van der Waals surface area contributed by atoms with Crippen molar-refractivity contribution < 1.29 is 9.53 Å². The number of hydrogen-bond acceptors (Lipinski definition) is 4. The van der Waals surface area contributed by atoms with E-state index in [4.69, 9.17) is 16.3 Å². The normalized spacial score (nSPS) is 10.6. The lowest BCUT2D eigenvalue weighted by Gasteiger charge is -2.15. The summed E-state index contributed by atoms with van der Waals surface area (Å²) in [7, 11) is 1.70. The Hall–Kier alpha value is -2.86. The second-order valence-corrected chi connectivity index (χ2v) is 6.20. The number of amides is 1. The maximum Gasteiger partial charge on any atom is 0.293 e. The molecule has 0 atom stereocenters. The summed E-state index contributed by atoms with van der Waals surface area (Å²) in [5, 5.41) is 4.97. The third-order valence-electron chi connectivity index (χ3n) is 3.82. The summed E-state index contributed by atoms with van der Waals surface area (Å²) in [4.78, 5) is 18.4. The zero-order chi connectivity index (χ0) is 18.5. The number of halogens is 1. The van der Waals surface area contributed by atoms with Crippen LogP contribution in [0.2, 0.25) is 5.02 Å². The van der Waals surface area contributed by atoms with Crippen molar-refractivity contribution in [2.75, 3.05) is 20.2 Å². The molecule has 0 radical (unpaired) electrons. The fourth-order valence-corrected chi connectivity index (χ4v) is 2.52. The Labute approximate surface area is 157 Å². The van der Waals surface area contributed by atoms with Crippen molar-refractivity contribution in [3.05, 3.63) is 71.3 Å². The maximum absolute atomic E-state index is 12.5. The van der Waals surface area contributed by atoms with E-state index in [1.165, 1.54) is 0 Å². The Morgan fingerprint density at radius 1 is 1.15 bits per heavy atom. The van der Waals surface area contributed by atoms with Gasteiger partial charge in [0.05, 0.1) is 12.2 Å². The number of nitrogens with zero attached hydrogens (tertiary/aromatic N) is 4. The Balaban J connectivity index is 1.64. The van der Waals surface area contributed by atoms with Crippen LogP contribution in [0.5, 0.6) is 5.75 Å². The molecule has 7 heteroatoms. The fraction of sp³-hybridized carbons (Fsp3) is 0.211. The molecule has 0 spiro atoms. The molecule has 6 nitrogen and oxygen atoms in total. The average molecular weight is 371 g/mol. The van der Waals surface area contributed by atoms with Gasteiger partial charge in [0.25, 0.3) is 5.91 Å². The molecular formula is C19H19ClN4O2. The minimum Gasteiger partial charge on any atom is -0.492 e. The number of aromatic nitrogens is 3. The van der Waals surface area contributed by atoms with Crippen LogP contribution in [0.1, 0.15) is 16.4 Å². The van der Waals surface area contributed by atoms with Gasteiger partial charge in [-0.15, -0.1) is 5.10 Å². The molecule has 3 rings (SSSR count). The van der Waals surface area contributed by atoms with E-state index in [0.717, 1.165) is 11.4 Å². The molecule has 1 heterocycles. The number of carbonyl (C=O) groups excluding carboxylic acids is 1.